The monoisotopic (exact) mass is 265 g/mol. The molecule has 3 N–H and O–H groups in total. The molecule has 1 aromatic rings. The van der Waals surface area contributed by atoms with Gasteiger partial charge in [-0.3, -0.25) is 14.7 Å². The zero-order chi connectivity index (χ0) is 14.0. The molecule has 1 heterocycles. The zero-order valence-electron chi connectivity index (χ0n) is 11.2. The maximum atomic E-state index is 12.1. The van der Waals surface area contributed by atoms with Crippen LogP contribution in [0, 0.1) is 25.7 Å². The van der Waals surface area contributed by atoms with E-state index in [-0.39, 0.29) is 17.7 Å². The summed E-state index contributed by atoms with van der Waals surface area (Å²) in [6.07, 6.45) is 2.44. The van der Waals surface area contributed by atoms with E-state index in [1.54, 1.807) is 0 Å². The Kier molecular flexibility index (Phi) is 3.87. The van der Waals surface area contributed by atoms with E-state index in [1.165, 1.54) is 0 Å². The molecule has 0 saturated heterocycles. The fourth-order valence-electron chi connectivity index (χ4n) is 2.56. The van der Waals surface area contributed by atoms with Crippen LogP contribution in [0.15, 0.2) is 0 Å². The molecule has 19 heavy (non-hydrogen) atoms. The fourth-order valence-corrected chi connectivity index (χ4v) is 2.56. The lowest BCUT2D eigenvalue weighted by atomic mass is 9.81. The smallest absolute Gasteiger partial charge is 0.306 e. The molecule has 104 valence electrons. The van der Waals surface area contributed by atoms with Crippen LogP contribution in [0.25, 0.3) is 0 Å². The Labute approximate surface area is 111 Å². The van der Waals surface area contributed by atoms with Crippen molar-refractivity contribution in [3.8, 4) is 0 Å². The predicted octanol–water partition coefficient (Wildman–Crippen LogP) is 1.86. The van der Waals surface area contributed by atoms with Gasteiger partial charge in [0.15, 0.2) is 0 Å². The molecule has 6 nitrogen and oxygen atoms in total. The third kappa shape index (κ3) is 2.94. The van der Waals surface area contributed by atoms with Crippen molar-refractivity contribution in [2.45, 2.75) is 39.5 Å². The maximum absolute atomic E-state index is 12.1. The number of aromatic nitrogens is 2. The van der Waals surface area contributed by atoms with Gasteiger partial charge in [-0.1, -0.05) is 0 Å². The molecule has 0 radical (unpaired) electrons. The standard InChI is InChI=1S/C13H19N3O3/c1-7-11(8(2)16-15-7)14-12(17)9-3-5-10(6-4-9)13(18)19/h9-10H,3-6H2,1-2H3,(H,14,17)(H,15,16)(H,18,19). The van der Waals surface area contributed by atoms with Crippen LogP contribution >= 0.6 is 0 Å². The van der Waals surface area contributed by atoms with Gasteiger partial charge in [-0.05, 0) is 39.5 Å². The summed E-state index contributed by atoms with van der Waals surface area (Å²) in [6.45, 7) is 3.69. The number of carbonyl (C=O) groups is 2. The number of rotatable bonds is 3. The van der Waals surface area contributed by atoms with Gasteiger partial charge in [0, 0.05) is 5.92 Å². The summed E-state index contributed by atoms with van der Waals surface area (Å²) in [5.74, 6) is -1.16. The Hall–Kier alpha value is -1.85. The van der Waals surface area contributed by atoms with Gasteiger partial charge < -0.3 is 10.4 Å². The molecule has 1 fully saturated rings. The van der Waals surface area contributed by atoms with Crippen molar-refractivity contribution in [1.29, 1.82) is 0 Å². The van der Waals surface area contributed by atoms with Crippen LogP contribution in [0.2, 0.25) is 0 Å². The first-order valence-corrected chi connectivity index (χ1v) is 6.54. The molecule has 2 rings (SSSR count). The van der Waals surface area contributed by atoms with E-state index in [0.717, 1.165) is 17.1 Å². The van der Waals surface area contributed by atoms with Crippen molar-refractivity contribution in [3.63, 3.8) is 0 Å². The van der Waals surface area contributed by atoms with E-state index in [1.807, 2.05) is 13.8 Å². The number of amides is 1. The van der Waals surface area contributed by atoms with Crippen molar-refractivity contribution in [2.24, 2.45) is 11.8 Å². The second-order valence-corrected chi connectivity index (χ2v) is 5.19. The lowest BCUT2D eigenvalue weighted by Crippen LogP contribution is -2.29. The minimum absolute atomic E-state index is 0.0311. The number of anilines is 1. The average Bonchev–Trinajstić information content (AvgIpc) is 2.70. The molecule has 1 amide bonds. The number of nitrogens with zero attached hydrogens (tertiary/aromatic N) is 1. The molecule has 0 spiro atoms. The van der Waals surface area contributed by atoms with Crippen molar-refractivity contribution >= 4 is 17.6 Å². The normalized spacial score (nSPS) is 23.1. The largest absolute Gasteiger partial charge is 0.481 e. The highest BCUT2D eigenvalue weighted by molar-refractivity contribution is 5.93. The maximum Gasteiger partial charge on any atom is 0.306 e. The molecular formula is C13H19N3O3. The summed E-state index contributed by atoms with van der Waals surface area (Å²) in [4.78, 5) is 23.0. The number of aliphatic carboxylic acids is 1. The number of aryl methyl sites for hydroxylation is 2. The Morgan fingerprint density at radius 1 is 1.21 bits per heavy atom. The summed E-state index contributed by atoms with van der Waals surface area (Å²) < 4.78 is 0. The van der Waals surface area contributed by atoms with Crippen LogP contribution in [-0.2, 0) is 9.59 Å². The lowest BCUT2D eigenvalue weighted by molar-refractivity contribution is -0.143. The van der Waals surface area contributed by atoms with Crippen LogP contribution in [0.4, 0.5) is 5.69 Å². The van der Waals surface area contributed by atoms with Crippen LogP contribution in [0.5, 0.6) is 0 Å². The summed E-state index contributed by atoms with van der Waals surface area (Å²) in [7, 11) is 0. The number of carbonyl (C=O) groups excluding carboxylic acids is 1. The molecule has 0 bridgehead atoms. The van der Waals surface area contributed by atoms with Gasteiger partial charge in [0.05, 0.1) is 23.0 Å². The summed E-state index contributed by atoms with van der Waals surface area (Å²) in [6, 6.07) is 0. The topological polar surface area (TPSA) is 95.1 Å². The first-order valence-electron chi connectivity index (χ1n) is 6.54. The van der Waals surface area contributed by atoms with Gasteiger partial charge in [-0.25, -0.2) is 0 Å². The van der Waals surface area contributed by atoms with E-state index in [0.29, 0.717) is 25.7 Å². The lowest BCUT2D eigenvalue weighted by Gasteiger charge is -2.25. The highest BCUT2D eigenvalue weighted by Crippen LogP contribution is 2.30. The number of hydrogen-bond donors (Lipinski definition) is 3. The Morgan fingerprint density at radius 3 is 2.26 bits per heavy atom. The van der Waals surface area contributed by atoms with Gasteiger partial charge >= 0.3 is 5.97 Å². The highest BCUT2D eigenvalue weighted by atomic mass is 16.4. The fraction of sp³-hybridized carbons (Fsp3) is 0.615. The van der Waals surface area contributed by atoms with Crippen LogP contribution in [0.3, 0.4) is 0 Å². The summed E-state index contributed by atoms with van der Waals surface area (Å²) in [5.41, 5.74) is 2.35. The van der Waals surface area contributed by atoms with Crippen LogP contribution in [-0.4, -0.2) is 27.2 Å². The quantitative estimate of drug-likeness (QED) is 0.777. The first kappa shape index (κ1) is 13.6. The predicted molar refractivity (Wildman–Crippen MR) is 69.8 cm³/mol. The Morgan fingerprint density at radius 2 is 1.79 bits per heavy atom. The van der Waals surface area contributed by atoms with E-state index in [9.17, 15) is 9.59 Å². The molecule has 1 aliphatic carbocycles. The number of carboxylic acid groups (broad SMARTS) is 1. The number of hydrogen-bond acceptors (Lipinski definition) is 3. The molecule has 0 unspecified atom stereocenters. The molecule has 6 heteroatoms. The second kappa shape index (κ2) is 5.42. The Bertz CT molecular complexity index is 468. The Balaban J connectivity index is 1.93. The third-order valence-corrected chi connectivity index (χ3v) is 3.82. The molecule has 1 saturated carbocycles. The van der Waals surface area contributed by atoms with Gasteiger partial charge in [0.2, 0.25) is 5.91 Å². The molecule has 0 atom stereocenters. The number of carboxylic acids is 1. The van der Waals surface area contributed by atoms with Crippen LogP contribution in [0.1, 0.15) is 37.1 Å². The average molecular weight is 265 g/mol. The number of nitrogens with one attached hydrogen (secondary N) is 2. The minimum Gasteiger partial charge on any atom is -0.481 e. The van der Waals surface area contributed by atoms with Crippen molar-refractivity contribution < 1.29 is 14.7 Å². The third-order valence-electron chi connectivity index (χ3n) is 3.82. The van der Waals surface area contributed by atoms with Crippen molar-refractivity contribution in [2.75, 3.05) is 5.32 Å². The number of H-pyrrole nitrogens is 1. The molecule has 0 aliphatic heterocycles. The number of aromatic amines is 1. The van der Waals surface area contributed by atoms with Gasteiger partial charge in [-0.15, -0.1) is 0 Å². The van der Waals surface area contributed by atoms with Crippen LogP contribution < -0.4 is 5.32 Å². The van der Waals surface area contributed by atoms with E-state index < -0.39 is 5.97 Å². The van der Waals surface area contributed by atoms with Gasteiger partial charge in [-0.2, -0.15) is 5.10 Å². The SMILES string of the molecule is Cc1n[nH]c(C)c1NC(=O)C1CCC(C(=O)O)CC1. The second-order valence-electron chi connectivity index (χ2n) is 5.19. The molecule has 0 aromatic carbocycles. The van der Waals surface area contributed by atoms with E-state index >= 15 is 0 Å². The first-order chi connectivity index (χ1) is 8.99. The molecule has 1 aromatic heterocycles. The van der Waals surface area contributed by atoms with E-state index in [2.05, 4.69) is 15.5 Å². The van der Waals surface area contributed by atoms with Gasteiger partial charge in [0.25, 0.3) is 0 Å². The zero-order valence-corrected chi connectivity index (χ0v) is 11.2. The van der Waals surface area contributed by atoms with Crippen molar-refractivity contribution in [1.82, 2.24) is 10.2 Å². The van der Waals surface area contributed by atoms with Crippen molar-refractivity contribution in [3.05, 3.63) is 11.4 Å². The van der Waals surface area contributed by atoms with E-state index in [4.69, 9.17) is 5.11 Å². The summed E-state index contributed by atoms with van der Waals surface area (Å²) >= 11 is 0. The highest BCUT2D eigenvalue weighted by Gasteiger charge is 2.30. The summed E-state index contributed by atoms with van der Waals surface area (Å²) in [5, 5.41) is 18.7. The minimum atomic E-state index is -0.750. The van der Waals surface area contributed by atoms with Gasteiger partial charge in [0.1, 0.15) is 0 Å². The molecular weight excluding hydrogens is 246 g/mol. The molecule has 1 aliphatic rings.